The average molecular weight is 462 g/mol. The molecule has 0 aliphatic heterocycles. The Labute approximate surface area is 180 Å². The highest BCUT2D eigenvalue weighted by Crippen LogP contribution is 2.39. The number of halogens is 7. The molecule has 0 unspecified atom stereocenters. The molecule has 0 aromatic heterocycles. The van der Waals surface area contributed by atoms with Crippen molar-refractivity contribution >= 4 is 5.97 Å². The Morgan fingerprint density at radius 3 is 1.91 bits per heavy atom. The largest absolute Gasteiger partial charge is 0.490 e. The quantitative estimate of drug-likeness (QED) is 0.354. The Morgan fingerprint density at radius 1 is 0.906 bits per heavy atom. The normalized spacial score (nSPS) is 19.1. The molecule has 2 aromatic rings. The van der Waals surface area contributed by atoms with Gasteiger partial charge >= 0.3 is 12.1 Å². The zero-order valence-corrected chi connectivity index (χ0v) is 17.2. The lowest BCUT2D eigenvalue weighted by molar-refractivity contribution is -0.206. The van der Waals surface area contributed by atoms with E-state index in [1.165, 1.54) is 0 Å². The van der Waals surface area contributed by atoms with Crippen LogP contribution in [0.2, 0.25) is 0 Å². The van der Waals surface area contributed by atoms with E-state index in [4.69, 9.17) is 0 Å². The van der Waals surface area contributed by atoms with Gasteiger partial charge in [0, 0.05) is 5.56 Å². The lowest BCUT2D eigenvalue weighted by atomic mass is 9.81. The Hall–Kier alpha value is -2.58. The fourth-order valence-electron chi connectivity index (χ4n) is 4.14. The second-order valence-electron chi connectivity index (χ2n) is 7.91. The second-order valence-corrected chi connectivity index (χ2v) is 7.91. The molecule has 0 radical (unpaired) electrons. The zero-order chi connectivity index (χ0) is 23.6. The third-order valence-electron chi connectivity index (χ3n) is 5.60. The molecule has 174 valence electrons. The topological polar surface area (TPSA) is 26.3 Å². The van der Waals surface area contributed by atoms with Gasteiger partial charge in [-0.1, -0.05) is 13.3 Å². The summed E-state index contributed by atoms with van der Waals surface area (Å²) in [4.78, 5) is 10.9. The van der Waals surface area contributed by atoms with E-state index < -0.39 is 53.0 Å². The van der Waals surface area contributed by atoms with Crippen LogP contribution in [0.3, 0.4) is 0 Å². The van der Waals surface area contributed by atoms with Crippen LogP contribution in [-0.4, -0.2) is 18.2 Å². The van der Waals surface area contributed by atoms with Gasteiger partial charge in [-0.15, -0.1) is 0 Å². The minimum atomic E-state index is -5.11. The maximum Gasteiger partial charge on any atom is 0.490 e. The predicted molar refractivity (Wildman–Crippen MR) is 103 cm³/mol. The Morgan fingerprint density at radius 2 is 1.44 bits per heavy atom. The molecule has 9 heteroatoms. The molecule has 1 aliphatic carbocycles. The molecule has 3 rings (SSSR count). The van der Waals surface area contributed by atoms with Crippen molar-refractivity contribution in [1.82, 2.24) is 0 Å². The number of rotatable bonds is 5. The van der Waals surface area contributed by atoms with Crippen molar-refractivity contribution in [2.45, 2.75) is 63.6 Å². The molecular weight excluding hydrogens is 441 g/mol. The van der Waals surface area contributed by atoms with E-state index in [0.717, 1.165) is 24.3 Å². The van der Waals surface area contributed by atoms with E-state index >= 15 is 0 Å². The molecule has 1 aliphatic rings. The van der Waals surface area contributed by atoms with Crippen LogP contribution in [0.1, 0.15) is 56.1 Å². The van der Waals surface area contributed by atoms with Gasteiger partial charge in [0.05, 0.1) is 5.56 Å². The van der Waals surface area contributed by atoms with Crippen molar-refractivity contribution in [2.24, 2.45) is 0 Å². The van der Waals surface area contributed by atoms with E-state index in [1.807, 2.05) is 6.92 Å². The highest BCUT2D eigenvalue weighted by Gasteiger charge is 2.43. The smallest absolute Gasteiger partial charge is 0.456 e. The lowest BCUT2D eigenvalue weighted by Crippen LogP contribution is -2.32. The molecule has 1 saturated carbocycles. The van der Waals surface area contributed by atoms with Crippen LogP contribution in [0.15, 0.2) is 24.3 Å². The van der Waals surface area contributed by atoms with Crippen LogP contribution in [0, 0.1) is 23.3 Å². The number of hydrogen-bond donors (Lipinski definition) is 0. The van der Waals surface area contributed by atoms with Gasteiger partial charge in [0.1, 0.15) is 29.4 Å². The minimum absolute atomic E-state index is 0.00919. The highest BCUT2D eigenvalue weighted by molar-refractivity contribution is 5.75. The number of esters is 1. The molecule has 2 aromatic carbocycles. The van der Waals surface area contributed by atoms with Crippen molar-refractivity contribution in [3.8, 4) is 11.1 Å². The van der Waals surface area contributed by atoms with E-state index in [0.29, 0.717) is 18.4 Å². The van der Waals surface area contributed by atoms with E-state index in [1.54, 1.807) is 0 Å². The molecule has 2 nitrogen and oxygen atoms in total. The van der Waals surface area contributed by atoms with Crippen molar-refractivity contribution in [2.75, 3.05) is 0 Å². The first kappa shape index (κ1) is 24.1. The summed E-state index contributed by atoms with van der Waals surface area (Å²) >= 11 is 0. The van der Waals surface area contributed by atoms with Crippen LogP contribution in [-0.2, 0) is 16.0 Å². The summed E-state index contributed by atoms with van der Waals surface area (Å²) in [7, 11) is 0. The minimum Gasteiger partial charge on any atom is -0.456 e. The summed E-state index contributed by atoms with van der Waals surface area (Å²) in [6.07, 6.45) is -4.76. The molecular formula is C23H21F7O2. The summed E-state index contributed by atoms with van der Waals surface area (Å²) in [6, 6.07) is 3.98. The molecule has 0 amide bonds. The van der Waals surface area contributed by atoms with Gasteiger partial charge in [-0.25, -0.2) is 22.4 Å². The molecule has 0 bridgehead atoms. The van der Waals surface area contributed by atoms with Gasteiger partial charge in [-0.05, 0) is 73.4 Å². The lowest BCUT2D eigenvalue weighted by Gasteiger charge is -2.29. The van der Waals surface area contributed by atoms with Crippen LogP contribution >= 0.6 is 0 Å². The first-order valence-electron chi connectivity index (χ1n) is 10.3. The third-order valence-corrected chi connectivity index (χ3v) is 5.60. The number of aryl methyl sites for hydroxylation is 1. The van der Waals surface area contributed by atoms with Crippen molar-refractivity contribution < 1.29 is 40.3 Å². The van der Waals surface area contributed by atoms with Gasteiger partial charge in [0.2, 0.25) is 0 Å². The Bertz CT molecular complexity index is 946. The number of ether oxygens (including phenoxy) is 1. The fraction of sp³-hybridized carbons (Fsp3) is 0.435. The van der Waals surface area contributed by atoms with E-state index in [-0.39, 0.29) is 36.8 Å². The number of benzene rings is 2. The fourth-order valence-corrected chi connectivity index (χ4v) is 4.14. The van der Waals surface area contributed by atoms with Crippen LogP contribution in [0.25, 0.3) is 11.1 Å². The summed E-state index contributed by atoms with van der Waals surface area (Å²) in [5, 5.41) is 0. The maximum absolute atomic E-state index is 14.8. The number of alkyl halides is 3. The molecule has 0 atom stereocenters. The molecule has 1 fully saturated rings. The average Bonchev–Trinajstić information content (AvgIpc) is 2.68. The summed E-state index contributed by atoms with van der Waals surface area (Å²) in [6.45, 7) is 1.85. The highest BCUT2D eigenvalue weighted by atomic mass is 19.4. The molecule has 32 heavy (non-hydrogen) atoms. The van der Waals surface area contributed by atoms with Gasteiger partial charge in [-0.3, -0.25) is 0 Å². The summed E-state index contributed by atoms with van der Waals surface area (Å²) in [5.41, 5.74) is -0.670. The molecule has 0 saturated heterocycles. The molecule has 0 heterocycles. The van der Waals surface area contributed by atoms with Crippen molar-refractivity contribution in [3.05, 3.63) is 58.7 Å². The SMILES string of the molecule is CCCc1cc(F)c(-c2cc(F)c(C3CCC(OC(=O)C(F)(F)F)CC3)c(F)c2)c(F)c1. The monoisotopic (exact) mass is 462 g/mol. The molecule has 0 N–H and O–H groups in total. The van der Waals surface area contributed by atoms with Crippen LogP contribution in [0.4, 0.5) is 30.7 Å². The van der Waals surface area contributed by atoms with Crippen LogP contribution in [0.5, 0.6) is 0 Å². The second kappa shape index (κ2) is 9.50. The van der Waals surface area contributed by atoms with Gasteiger partial charge in [-0.2, -0.15) is 13.2 Å². The zero-order valence-electron chi connectivity index (χ0n) is 17.2. The maximum atomic E-state index is 14.8. The number of hydrogen-bond acceptors (Lipinski definition) is 2. The van der Waals surface area contributed by atoms with Gasteiger partial charge in [0.15, 0.2) is 0 Å². The summed E-state index contributed by atoms with van der Waals surface area (Å²) < 4.78 is 99.9. The van der Waals surface area contributed by atoms with Gasteiger partial charge < -0.3 is 4.74 Å². The summed E-state index contributed by atoms with van der Waals surface area (Å²) in [5.74, 6) is -6.79. The predicted octanol–water partition coefficient (Wildman–Crippen LogP) is 6.99. The Balaban J connectivity index is 1.79. The van der Waals surface area contributed by atoms with E-state index in [2.05, 4.69) is 4.74 Å². The van der Waals surface area contributed by atoms with Crippen LogP contribution < -0.4 is 0 Å². The van der Waals surface area contributed by atoms with Crippen molar-refractivity contribution in [3.63, 3.8) is 0 Å². The first-order chi connectivity index (χ1) is 15.0. The molecule has 0 spiro atoms. The van der Waals surface area contributed by atoms with Crippen molar-refractivity contribution in [1.29, 1.82) is 0 Å². The Kier molecular flexibility index (Phi) is 7.15. The standard InChI is InChI=1S/C23H21F7O2/c1-2-3-12-8-16(24)21(17(25)9-12)14-10-18(26)20(19(27)11-14)13-4-6-15(7-5-13)32-22(31)23(28,29)30/h8-11,13,15H,2-7H2,1H3. The number of carbonyl (C=O) groups is 1. The van der Waals surface area contributed by atoms with E-state index in [9.17, 15) is 35.5 Å². The first-order valence-corrected chi connectivity index (χ1v) is 10.3. The third kappa shape index (κ3) is 5.24. The van der Waals surface area contributed by atoms with Gasteiger partial charge in [0.25, 0.3) is 0 Å². The number of carbonyl (C=O) groups excluding carboxylic acids is 1.